The highest BCUT2D eigenvalue weighted by molar-refractivity contribution is 6.30. The van der Waals surface area contributed by atoms with E-state index >= 15 is 0 Å². The molecule has 0 atom stereocenters. The van der Waals surface area contributed by atoms with Gasteiger partial charge < -0.3 is 10.4 Å². The van der Waals surface area contributed by atoms with E-state index in [9.17, 15) is 8.78 Å². The summed E-state index contributed by atoms with van der Waals surface area (Å²) in [6.07, 6.45) is 0. The minimum absolute atomic E-state index is 0.0440. The van der Waals surface area contributed by atoms with Crippen molar-refractivity contribution in [1.29, 1.82) is 0 Å². The molecular formula is C9H10ClF2NO. The van der Waals surface area contributed by atoms with Gasteiger partial charge in [0.2, 0.25) is 0 Å². The quantitative estimate of drug-likeness (QED) is 0.599. The van der Waals surface area contributed by atoms with Crippen LogP contribution in [0.1, 0.15) is 5.56 Å². The van der Waals surface area contributed by atoms with Crippen LogP contribution in [0.15, 0.2) is 12.1 Å². The van der Waals surface area contributed by atoms with Crippen molar-refractivity contribution < 1.29 is 13.9 Å². The number of rotatable bonds is 4. The van der Waals surface area contributed by atoms with Gasteiger partial charge in [0.05, 0.1) is 11.6 Å². The summed E-state index contributed by atoms with van der Waals surface area (Å²) < 4.78 is 26.0. The summed E-state index contributed by atoms with van der Waals surface area (Å²) in [7, 11) is 0. The first-order chi connectivity index (χ1) is 6.65. The summed E-state index contributed by atoms with van der Waals surface area (Å²) in [6, 6.07) is 1.98. The molecule has 0 bridgehead atoms. The standard InChI is InChI=1S/C9H10ClF2NO/c10-7-4-8(11)6(3-9(7)12)5-13-1-2-14/h3-4,13-14H,1-2,5H2. The SMILES string of the molecule is OCCNCc1cc(F)c(Cl)cc1F. The lowest BCUT2D eigenvalue weighted by atomic mass is 10.2. The number of hydrogen-bond acceptors (Lipinski definition) is 2. The van der Waals surface area contributed by atoms with Crippen LogP contribution >= 0.6 is 11.6 Å². The lowest BCUT2D eigenvalue weighted by Crippen LogP contribution is -2.18. The number of aliphatic hydroxyl groups excluding tert-OH is 1. The first kappa shape index (κ1) is 11.4. The van der Waals surface area contributed by atoms with Crippen LogP contribution in [-0.4, -0.2) is 18.3 Å². The zero-order valence-electron chi connectivity index (χ0n) is 7.36. The van der Waals surface area contributed by atoms with Gasteiger partial charge in [-0.2, -0.15) is 0 Å². The van der Waals surface area contributed by atoms with Crippen LogP contribution in [0.25, 0.3) is 0 Å². The monoisotopic (exact) mass is 221 g/mol. The second-order valence-electron chi connectivity index (χ2n) is 2.76. The first-order valence-electron chi connectivity index (χ1n) is 4.10. The van der Waals surface area contributed by atoms with Crippen molar-refractivity contribution in [3.8, 4) is 0 Å². The Labute approximate surface area is 85.5 Å². The predicted molar refractivity (Wildman–Crippen MR) is 50.2 cm³/mol. The summed E-state index contributed by atoms with van der Waals surface area (Å²) in [5, 5.41) is 11.0. The molecule has 14 heavy (non-hydrogen) atoms. The Kier molecular flexibility index (Phi) is 4.25. The second-order valence-corrected chi connectivity index (χ2v) is 3.17. The van der Waals surface area contributed by atoms with Crippen LogP contribution in [0.4, 0.5) is 8.78 Å². The fourth-order valence-corrected chi connectivity index (χ4v) is 1.15. The van der Waals surface area contributed by atoms with Crippen molar-refractivity contribution in [2.45, 2.75) is 6.54 Å². The Hall–Kier alpha value is -0.710. The van der Waals surface area contributed by atoms with Crippen molar-refractivity contribution >= 4 is 11.6 Å². The zero-order valence-corrected chi connectivity index (χ0v) is 8.11. The Balaban J connectivity index is 2.72. The molecule has 0 saturated carbocycles. The van der Waals surface area contributed by atoms with Crippen LogP contribution in [0.2, 0.25) is 5.02 Å². The highest BCUT2D eigenvalue weighted by atomic mass is 35.5. The van der Waals surface area contributed by atoms with Crippen molar-refractivity contribution in [3.63, 3.8) is 0 Å². The van der Waals surface area contributed by atoms with E-state index in [2.05, 4.69) is 5.32 Å². The molecule has 1 rings (SSSR count). The van der Waals surface area contributed by atoms with Gasteiger partial charge in [0.15, 0.2) is 0 Å². The van der Waals surface area contributed by atoms with Crippen LogP contribution in [-0.2, 0) is 6.54 Å². The van der Waals surface area contributed by atoms with Crippen molar-refractivity contribution in [3.05, 3.63) is 34.4 Å². The van der Waals surface area contributed by atoms with Gasteiger partial charge in [0.25, 0.3) is 0 Å². The molecule has 2 nitrogen and oxygen atoms in total. The number of halogens is 3. The molecule has 78 valence electrons. The number of nitrogens with one attached hydrogen (secondary N) is 1. The maximum atomic E-state index is 13.1. The summed E-state index contributed by atoms with van der Waals surface area (Å²) in [5.41, 5.74) is 0.195. The van der Waals surface area contributed by atoms with Crippen molar-refractivity contribution in [2.75, 3.05) is 13.2 Å². The minimum Gasteiger partial charge on any atom is -0.395 e. The molecule has 2 N–H and O–H groups in total. The van der Waals surface area contributed by atoms with E-state index < -0.39 is 11.6 Å². The lowest BCUT2D eigenvalue weighted by molar-refractivity contribution is 0.291. The molecule has 0 aliphatic rings. The summed E-state index contributed by atoms with van der Waals surface area (Å²) in [4.78, 5) is 0. The summed E-state index contributed by atoms with van der Waals surface area (Å²) in [6.45, 7) is 0.460. The molecule has 0 heterocycles. The zero-order chi connectivity index (χ0) is 10.6. The van der Waals surface area contributed by atoms with Gasteiger partial charge in [-0.15, -0.1) is 0 Å². The minimum atomic E-state index is -0.645. The normalized spacial score (nSPS) is 10.6. The molecule has 0 unspecified atom stereocenters. The van der Waals surface area contributed by atoms with Crippen molar-refractivity contribution in [1.82, 2.24) is 5.32 Å². The average Bonchev–Trinajstić information content (AvgIpc) is 2.14. The molecule has 0 aliphatic heterocycles. The van der Waals surface area contributed by atoms with Crippen LogP contribution in [0.3, 0.4) is 0 Å². The number of aliphatic hydroxyl groups is 1. The molecule has 1 aromatic carbocycles. The molecule has 0 amide bonds. The van der Waals surface area contributed by atoms with Gasteiger partial charge in [-0.1, -0.05) is 11.6 Å². The number of hydrogen-bond donors (Lipinski definition) is 2. The Bertz CT molecular complexity index is 320. The topological polar surface area (TPSA) is 32.3 Å². The summed E-state index contributed by atoms with van der Waals surface area (Å²) >= 11 is 5.37. The van der Waals surface area contributed by atoms with Gasteiger partial charge >= 0.3 is 0 Å². The highest BCUT2D eigenvalue weighted by Crippen LogP contribution is 2.18. The third-order valence-corrected chi connectivity index (χ3v) is 1.98. The van der Waals surface area contributed by atoms with Crippen LogP contribution < -0.4 is 5.32 Å². The van der Waals surface area contributed by atoms with Gasteiger partial charge in [-0.05, 0) is 12.1 Å². The third-order valence-electron chi connectivity index (χ3n) is 1.69. The largest absolute Gasteiger partial charge is 0.395 e. The molecule has 0 fully saturated rings. The fourth-order valence-electron chi connectivity index (χ4n) is 1.00. The molecular weight excluding hydrogens is 212 g/mol. The molecule has 0 aliphatic carbocycles. The van der Waals surface area contributed by atoms with Gasteiger partial charge in [0.1, 0.15) is 11.6 Å². The molecule has 1 aromatic rings. The Morgan fingerprint density at radius 1 is 1.29 bits per heavy atom. The maximum absolute atomic E-state index is 13.1. The fraction of sp³-hybridized carbons (Fsp3) is 0.333. The van der Waals surface area contributed by atoms with E-state index in [0.29, 0.717) is 6.54 Å². The second kappa shape index (κ2) is 5.24. The summed E-state index contributed by atoms with van der Waals surface area (Å²) in [5.74, 6) is -1.20. The van der Waals surface area contributed by atoms with Gasteiger partial charge in [0, 0.05) is 18.7 Å². The molecule has 0 spiro atoms. The van der Waals surface area contributed by atoms with E-state index in [0.717, 1.165) is 12.1 Å². The lowest BCUT2D eigenvalue weighted by Gasteiger charge is -2.05. The predicted octanol–water partition coefficient (Wildman–Crippen LogP) is 1.70. The third kappa shape index (κ3) is 2.90. The molecule has 0 saturated heterocycles. The highest BCUT2D eigenvalue weighted by Gasteiger charge is 2.07. The van der Waals surface area contributed by atoms with Gasteiger partial charge in [-0.3, -0.25) is 0 Å². The molecule has 0 radical (unpaired) electrons. The molecule has 5 heteroatoms. The van der Waals surface area contributed by atoms with E-state index in [1.165, 1.54) is 0 Å². The van der Waals surface area contributed by atoms with E-state index in [-0.39, 0.29) is 23.7 Å². The maximum Gasteiger partial charge on any atom is 0.142 e. The average molecular weight is 222 g/mol. The number of benzene rings is 1. The van der Waals surface area contributed by atoms with E-state index in [1.54, 1.807) is 0 Å². The van der Waals surface area contributed by atoms with Crippen LogP contribution in [0, 0.1) is 11.6 Å². The first-order valence-corrected chi connectivity index (χ1v) is 4.48. The van der Waals surface area contributed by atoms with E-state index in [1.807, 2.05) is 0 Å². The van der Waals surface area contributed by atoms with E-state index in [4.69, 9.17) is 16.7 Å². The molecule has 0 aromatic heterocycles. The Morgan fingerprint density at radius 3 is 2.64 bits per heavy atom. The van der Waals surface area contributed by atoms with Crippen molar-refractivity contribution in [2.24, 2.45) is 0 Å². The van der Waals surface area contributed by atoms with Crippen LogP contribution in [0.5, 0.6) is 0 Å². The Morgan fingerprint density at radius 2 is 2.00 bits per heavy atom. The van der Waals surface area contributed by atoms with Gasteiger partial charge in [-0.25, -0.2) is 8.78 Å². The smallest absolute Gasteiger partial charge is 0.142 e.